The predicted octanol–water partition coefficient (Wildman–Crippen LogP) is 1.64. The first-order valence-corrected chi connectivity index (χ1v) is 5.06. The highest BCUT2D eigenvalue weighted by Gasteiger charge is 2.28. The van der Waals surface area contributed by atoms with Crippen molar-refractivity contribution in [2.24, 2.45) is 0 Å². The summed E-state index contributed by atoms with van der Waals surface area (Å²) in [6, 6.07) is 7.81. The van der Waals surface area contributed by atoms with E-state index in [4.69, 9.17) is 0 Å². The van der Waals surface area contributed by atoms with Gasteiger partial charge in [0.2, 0.25) is 11.8 Å². The maximum atomic E-state index is 11.4. The van der Waals surface area contributed by atoms with Gasteiger partial charge in [0.15, 0.2) is 0 Å². The number of likely N-dealkylation sites (tertiary alicyclic amines) is 1. The van der Waals surface area contributed by atoms with Crippen molar-refractivity contribution in [1.82, 2.24) is 4.90 Å². The van der Waals surface area contributed by atoms with Gasteiger partial charge in [0.1, 0.15) is 0 Å². The number of imide groups is 1. The van der Waals surface area contributed by atoms with Crippen LogP contribution in [0.5, 0.6) is 0 Å². The Balaban J connectivity index is 2.18. The van der Waals surface area contributed by atoms with Crippen LogP contribution in [0.3, 0.4) is 0 Å². The van der Waals surface area contributed by atoms with Crippen molar-refractivity contribution in [3.05, 3.63) is 35.4 Å². The lowest BCUT2D eigenvalue weighted by atomic mass is 10.1. The lowest BCUT2D eigenvalue weighted by Gasteiger charge is -2.15. The van der Waals surface area contributed by atoms with E-state index in [-0.39, 0.29) is 11.8 Å². The predicted molar refractivity (Wildman–Crippen MR) is 56.0 cm³/mol. The average molecular weight is 203 g/mol. The van der Waals surface area contributed by atoms with E-state index < -0.39 is 0 Å². The lowest BCUT2D eigenvalue weighted by Crippen LogP contribution is -2.28. The van der Waals surface area contributed by atoms with Gasteiger partial charge in [-0.25, -0.2) is 0 Å². The zero-order valence-electron chi connectivity index (χ0n) is 8.69. The van der Waals surface area contributed by atoms with Gasteiger partial charge in [0.25, 0.3) is 0 Å². The number of amides is 2. The van der Waals surface area contributed by atoms with Gasteiger partial charge in [-0.3, -0.25) is 14.5 Å². The topological polar surface area (TPSA) is 37.4 Å². The Labute approximate surface area is 88.7 Å². The molecule has 0 N–H and O–H groups in total. The minimum Gasteiger partial charge on any atom is -0.278 e. The van der Waals surface area contributed by atoms with Crippen LogP contribution in [0.15, 0.2) is 24.3 Å². The first kappa shape index (κ1) is 9.90. The standard InChI is InChI=1S/C12H13NO2/c1-9-4-2-3-5-10(9)8-13-11(14)6-7-12(13)15/h2-5H,6-8H2,1H3. The molecule has 2 rings (SSSR count). The van der Waals surface area contributed by atoms with Crippen LogP contribution in [0.1, 0.15) is 24.0 Å². The Bertz CT molecular complexity index is 396. The van der Waals surface area contributed by atoms with E-state index in [1.54, 1.807) is 0 Å². The molecular formula is C12H13NO2. The van der Waals surface area contributed by atoms with Gasteiger partial charge >= 0.3 is 0 Å². The van der Waals surface area contributed by atoms with Gasteiger partial charge in [0.05, 0.1) is 6.54 Å². The third kappa shape index (κ3) is 1.91. The molecule has 0 bridgehead atoms. The van der Waals surface area contributed by atoms with Crippen LogP contribution < -0.4 is 0 Å². The highest BCUT2D eigenvalue weighted by Crippen LogP contribution is 2.17. The van der Waals surface area contributed by atoms with E-state index in [1.807, 2.05) is 31.2 Å². The van der Waals surface area contributed by atoms with Gasteiger partial charge in [-0.05, 0) is 18.1 Å². The molecule has 0 spiro atoms. The Hall–Kier alpha value is -1.64. The van der Waals surface area contributed by atoms with E-state index in [0.29, 0.717) is 19.4 Å². The smallest absolute Gasteiger partial charge is 0.229 e. The molecule has 0 saturated carbocycles. The zero-order chi connectivity index (χ0) is 10.8. The molecule has 3 nitrogen and oxygen atoms in total. The molecule has 1 aliphatic heterocycles. The third-order valence-corrected chi connectivity index (χ3v) is 2.74. The molecule has 0 unspecified atom stereocenters. The molecule has 1 aromatic carbocycles. The molecule has 3 heteroatoms. The summed E-state index contributed by atoms with van der Waals surface area (Å²) in [5.41, 5.74) is 2.16. The van der Waals surface area contributed by atoms with Crippen molar-refractivity contribution >= 4 is 11.8 Å². The third-order valence-electron chi connectivity index (χ3n) is 2.74. The fraction of sp³-hybridized carbons (Fsp3) is 0.333. The molecule has 15 heavy (non-hydrogen) atoms. The van der Waals surface area contributed by atoms with Crippen LogP contribution in [0, 0.1) is 6.92 Å². The summed E-state index contributed by atoms with van der Waals surface area (Å²) >= 11 is 0. The van der Waals surface area contributed by atoms with Gasteiger partial charge in [-0.2, -0.15) is 0 Å². The van der Waals surface area contributed by atoms with Crippen molar-refractivity contribution in [2.75, 3.05) is 0 Å². The summed E-state index contributed by atoms with van der Waals surface area (Å²) in [5, 5.41) is 0. The molecule has 0 aliphatic carbocycles. The molecule has 2 amide bonds. The maximum absolute atomic E-state index is 11.4. The molecule has 1 aromatic rings. The van der Waals surface area contributed by atoms with Gasteiger partial charge in [-0.1, -0.05) is 24.3 Å². The van der Waals surface area contributed by atoms with Crippen molar-refractivity contribution < 1.29 is 9.59 Å². The Morgan fingerprint density at radius 3 is 2.33 bits per heavy atom. The van der Waals surface area contributed by atoms with Crippen LogP contribution in [-0.2, 0) is 16.1 Å². The highest BCUT2D eigenvalue weighted by atomic mass is 16.2. The Morgan fingerprint density at radius 1 is 1.13 bits per heavy atom. The van der Waals surface area contributed by atoms with Gasteiger partial charge in [-0.15, -0.1) is 0 Å². The molecular weight excluding hydrogens is 190 g/mol. The first-order chi connectivity index (χ1) is 7.18. The Kier molecular flexibility index (Phi) is 2.54. The average Bonchev–Trinajstić information content (AvgIpc) is 2.53. The molecule has 1 fully saturated rings. The van der Waals surface area contributed by atoms with E-state index in [1.165, 1.54) is 4.90 Å². The minimum atomic E-state index is -0.0525. The molecule has 78 valence electrons. The number of aryl methyl sites for hydroxylation is 1. The number of carbonyl (C=O) groups excluding carboxylic acids is 2. The van der Waals surface area contributed by atoms with Crippen LogP contribution in [0.4, 0.5) is 0 Å². The number of nitrogens with zero attached hydrogens (tertiary/aromatic N) is 1. The molecule has 0 radical (unpaired) electrons. The van der Waals surface area contributed by atoms with E-state index >= 15 is 0 Å². The number of carbonyl (C=O) groups is 2. The van der Waals surface area contributed by atoms with Crippen molar-refractivity contribution in [1.29, 1.82) is 0 Å². The fourth-order valence-corrected chi connectivity index (χ4v) is 1.76. The Morgan fingerprint density at radius 2 is 1.73 bits per heavy atom. The second-order valence-corrected chi connectivity index (χ2v) is 3.80. The summed E-state index contributed by atoms with van der Waals surface area (Å²) in [4.78, 5) is 24.2. The zero-order valence-corrected chi connectivity index (χ0v) is 8.69. The normalized spacial score (nSPS) is 16.2. The molecule has 1 saturated heterocycles. The number of hydrogen-bond acceptors (Lipinski definition) is 2. The summed E-state index contributed by atoms with van der Waals surface area (Å²) in [7, 11) is 0. The number of rotatable bonds is 2. The minimum absolute atomic E-state index is 0.0525. The molecule has 1 heterocycles. The highest BCUT2D eigenvalue weighted by molar-refractivity contribution is 6.01. The second kappa shape index (κ2) is 3.85. The quantitative estimate of drug-likeness (QED) is 0.685. The summed E-state index contributed by atoms with van der Waals surface area (Å²) in [6.07, 6.45) is 0.732. The summed E-state index contributed by atoms with van der Waals surface area (Å²) in [5.74, 6) is -0.105. The van der Waals surface area contributed by atoms with E-state index in [2.05, 4.69) is 0 Å². The van der Waals surface area contributed by atoms with Crippen LogP contribution in [-0.4, -0.2) is 16.7 Å². The van der Waals surface area contributed by atoms with E-state index in [0.717, 1.165) is 11.1 Å². The van der Waals surface area contributed by atoms with Crippen LogP contribution in [0.25, 0.3) is 0 Å². The lowest BCUT2D eigenvalue weighted by molar-refractivity contribution is -0.139. The second-order valence-electron chi connectivity index (χ2n) is 3.80. The number of hydrogen-bond donors (Lipinski definition) is 0. The molecule has 1 aliphatic rings. The monoisotopic (exact) mass is 203 g/mol. The van der Waals surface area contributed by atoms with Crippen molar-refractivity contribution in [2.45, 2.75) is 26.3 Å². The van der Waals surface area contributed by atoms with Gasteiger partial charge in [0, 0.05) is 12.8 Å². The van der Waals surface area contributed by atoms with Crippen molar-refractivity contribution in [3.63, 3.8) is 0 Å². The van der Waals surface area contributed by atoms with Crippen molar-refractivity contribution in [3.8, 4) is 0 Å². The SMILES string of the molecule is Cc1ccccc1CN1C(=O)CCC1=O. The number of benzene rings is 1. The first-order valence-electron chi connectivity index (χ1n) is 5.06. The molecule has 0 atom stereocenters. The van der Waals surface area contributed by atoms with E-state index in [9.17, 15) is 9.59 Å². The maximum Gasteiger partial charge on any atom is 0.229 e. The largest absolute Gasteiger partial charge is 0.278 e. The molecule has 0 aromatic heterocycles. The summed E-state index contributed by atoms with van der Waals surface area (Å²) < 4.78 is 0. The fourth-order valence-electron chi connectivity index (χ4n) is 1.76. The summed E-state index contributed by atoms with van der Waals surface area (Å²) in [6.45, 7) is 2.41. The van der Waals surface area contributed by atoms with Gasteiger partial charge < -0.3 is 0 Å². The van der Waals surface area contributed by atoms with Crippen LogP contribution >= 0.6 is 0 Å². The van der Waals surface area contributed by atoms with Crippen LogP contribution in [0.2, 0.25) is 0 Å².